The maximum Gasteiger partial charge on any atom is 0.132 e. The van der Waals surface area contributed by atoms with Gasteiger partial charge in [0, 0.05) is 6.92 Å². The molecule has 1 radical (unpaired) electrons. The molecule has 1 aromatic rings. The molecule has 0 aliphatic carbocycles. The highest BCUT2D eigenvalue weighted by molar-refractivity contribution is 5.42. The third-order valence-electron chi connectivity index (χ3n) is 2.94. The smallest absolute Gasteiger partial charge is 0.132 e. The zero-order chi connectivity index (χ0) is 9.73. The molecule has 0 N–H and O–H groups in total. The molecule has 0 heterocycles. The third kappa shape index (κ3) is 1.92. The zero-order valence-electron chi connectivity index (χ0n) is 8.66. The van der Waals surface area contributed by atoms with E-state index in [2.05, 4.69) is 51.1 Å². The van der Waals surface area contributed by atoms with E-state index in [-0.39, 0.29) is 0 Å². The van der Waals surface area contributed by atoms with Crippen molar-refractivity contribution in [3.63, 3.8) is 0 Å². The van der Waals surface area contributed by atoms with Gasteiger partial charge in [-0.15, -0.1) is 0 Å². The Morgan fingerprint density at radius 3 is 2.00 bits per heavy atom. The molecule has 0 aliphatic heterocycles. The Morgan fingerprint density at radius 1 is 1.08 bits per heavy atom. The molecule has 1 heteroatoms. The monoisotopic (exact) mass is 177 g/mol. The third-order valence-corrected chi connectivity index (χ3v) is 2.94. The first-order chi connectivity index (χ1) is 6.29. The van der Waals surface area contributed by atoms with Crippen LogP contribution in [0.3, 0.4) is 0 Å². The Kier molecular flexibility index (Phi) is 3.49. The first-order valence-electron chi connectivity index (χ1n) is 5.00. The van der Waals surface area contributed by atoms with Crippen LogP contribution >= 0.6 is 0 Å². The summed E-state index contributed by atoms with van der Waals surface area (Å²) < 4.78 is 0.987. The molecule has 1 aromatic carbocycles. The number of benzene rings is 1. The summed E-state index contributed by atoms with van der Waals surface area (Å²) in [5, 5.41) is 0. The SMILES string of the molecule is [CH2]C[N+](CC)(CC)c1ccccc1. The molecule has 0 atom stereocenters. The minimum Gasteiger partial charge on any atom is -0.292 e. The number of hydrogen-bond acceptors (Lipinski definition) is 0. The Morgan fingerprint density at radius 2 is 1.62 bits per heavy atom. The lowest BCUT2D eigenvalue weighted by atomic mass is 10.2. The van der Waals surface area contributed by atoms with Crippen LogP contribution in [0.2, 0.25) is 0 Å². The second-order valence-electron chi connectivity index (χ2n) is 3.34. The van der Waals surface area contributed by atoms with Gasteiger partial charge in [-0.1, -0.05) is 18.2 Å². The summed E-state index contributed by atoms with van der Waals surface area (Å²) in [4.78, 5) is 0. The van der Waals surface area contributed by atoms with Crippen molar-refractivity contribution in [1.82, 2.24) is 4.48 Å². The van der Waals surface area contributed by atoms with Gasteiger partial charge in [-0.3, -0.25) is 4.48 Å². The molecule has 0 amide bonds. The average molecular weight is 177 g/mol. The zero-order valence-corrected chi connectivity index (χ0v) is 8.66. The van der Waals surface area contributed by atoms with Crippen LogP contribution in [0.4, 0.5) is 5.69 Å². The van der Waals surface area contributed by atoms with E-state index in [9.17, 15) is 0 Å². The fraction of sp³-hybridized carbons (Fsp3) is 0.417. The lowest BCUT2D eigenvalue weighted by Crippen LogP contribution is -2.48. The molecule has 1 nitrogen and oxygen atoms in total. The lowest BCUT2D eigenvalue weighted by molar-refractivity contribution is 0.330. The minimum atomic E-state index is 0.928. The second-order valence-corrected chi connectivity index (χ2v) is 3.34. The molecule has 0 saturated carbocycles. The summed E-state index contributed by atoms with van der Waals surface area (Å²) in [7, 11) is 0. The highest BCUT2D eigenvalue weighted by atomic mass is 15.3. The van der Waals surface area contributed by atoms with Gasteiger partial charge in [0.1, 0.15) is 5.69 Å². The second kappa shape index (κ2) is 4.43. The summed E-state index contributed by atoms with van der Waals surface area (Å²) in [5.74, 6) is 0. The average Bonchev–Trinajstić information content (AvgIpc) is 2.23. The maximum absolute atomic E-state index is 4.05. The van der Waals surface area contributed by atoms with Crippen LogP contribution in [0.15, 0.2) is 30.3 Å². The largest absolute Gasteiger partial charge is 0.292 e. The molecule has 0 unspecified atom stereocenters. The van der Waals surface area contributed by atoms with Gasteiger partial charge < -0.3 is 0 Å². The fourth-order valence-electron chi connectivity index (χ4n) is 1.78. The highest BCUT2D eigenvalue weighted by Gasteiger charge is 2.23. The standard InChI is InChI=1S/C12H19N/c1-4-13(5-2,6-3)12-10-8-7-9-11-12/h7-11H,1,4-6H2,2-3H3/q+1. The van der Waals surface area contributed by atoms with Gasteiger partial charge in [-0.25, -0.2) is 0 Å². The molecule has 0 aromatic heterocycles. The van der Waals surface area contributed by atoms with E-state index in [4.69, 9.17) is 0 Å². The van der Waals surface area contributed by atoms with Crippen LogP contribution in [0, 0.1) is 6.92 Å². The van der Waals surface area contributed by atoms with E-state index >= 15 is 0 Å². The Balaban J connectivity index is 3.01. The van der Waals surface area contributed by atoms with E-state index in [1.807, 2.05) is 0 Å². The van der Waals surface area contributed by atoms with E-state index in [1.165, 1.54) is 5.69 Å². The van der Waals surface area contributed by atoms with Crippen molar-refractivity contribution in [2.75, 3.05) is 19.6 Å². The van der Waals surface area contributed by atoms with Crippen molar-refractivity contribution in [3.8, 4) is 0 Å². The molecule has 0 spiro atoms. The summed E-state index contributed by atoms with van der Waals surface area (Å²) in [5.41, 5.74) is 1.38. The van der Waals surface area contributed by atoms with Crippen molar-refractivity contribution >= 4 is 5.69 Å². The van der Waals surface area contributed by atoms with Gasteiger partial charge in [0.25, 0.3) is 0 Å². The molecule has 0 fully saturated rings. The number of rotatable bonds is 4. The van der Waals surface area contributed by atoms with Crippen molar-refractivity contribution in [2.24, 2.45) is 0 Å². The molecule has 0 bridgehead atoms. The number of para-hydroxylation sites is 1. The summed E-state index contributed by atoms with van der Waals surface area (Å²) in [6, 6.07) is 10.6. The van der Waals surface area contributed by atoms with Crippen LogP contribution in [0.25, 0.3) is 0 Å². The minimum absolute atomic E-state index is 0.928. The highest BCUT2D eigenvalue weighted by Crippen LogP contribution is 2.21. The molecule has 0 aliphatic rings. The van der Waals surface area contributed by atoms with Crippen molar-refractivity contribution < 1.29 is 0 Å². The maximum atomic E-state index is 4.05. The predicted molar refractivity (Wildman–Crippen MR) is 59.5 cm³/mol. The van der Waals surface area contributed by atoms with E-state index in [1.54, 1.807) is 0 Å². The Bertz CT molecular complexity index is 228. The number of hydrogen-bond donors (Lipinski definition) is 0. The summed E-state index contributed by atoms with van der Waals surface area (Å²) in [6.07, 6.45) is 0. The van der Waals surface area contributed by atoms with Gasteiger partial charge in [0.05, 0.1) is 19.6 Å². The van der Waals surface area contributed by atoms with Crippen LogP contribution in [-0.4, -0.2) is 19.6 Å². The molecule has 0 saturated heterocycles. The summed E-state index contributed by atoms with van der Waals surface area (Å²) in [6.45, 7) is 11.7. The van der Waals surface area contributed by atoms with Crippen LogP contribution in [-0.2, 0) is 0 Å². The molecule has 13 heavy (non-hydrogen) atoms. The van der Waals surface area contributed by atoms with Gasteiger partial charge in [0.2, 0.25) is 0 Å². The molecule has 71 valence electrons. The van der Waals surface area contributed by atoms with Gasteiger partial charge in [-0.2, -0.15) is 0 Å². The van der Waals surface area contributed by atoms with Gasteiger partial charge in [-0.05, 0) is 26.0 Å². The van der Waals surface area contributed by atoms with Crippen LogP contribution < -0.4 is 4.48 Å². The van der Waals surface area contributed by atoms with Gasteiger partial charge >= 0.3 is 0 Å². The number of quaternary nitrogens is 1. The molecule has 1 rings (SSSR count). The number of nitrogens with zero attached hydrogens (tertiary/aromatic N) is 1. The van der Waals surface area contributed by atoms with E-state index < -0.39 is 0 Å². The first kappa shape index (κ1) is 10.3. The van der Waals surface area contributed by atoms with E-state index in [0.29, 0.717) is 0 Å². The fourth-order valence-corrected chi connectivity index (χ4v) is 1.78. The summed E-state index contributed by atoms with van der Waals surface area (Å²) >= 11 is 0. The Hall–Kier alpha value is -0.820. The predicted octanol–water partition coefficient (Wildman–Crippen LogP) is 2.87. The quantitative estimate of drug-likeness (QED) is 0.620. The Labute approximate surface area is 81.6 Å². The van der Waals surface area contributed by atoms with Crippen LogP contribution in [0.5, 0.6) is 0 Å². The van der Waals surface area contributed by atoms with Crippen LogP contribution in [0.1, 0.15) is 13.8 Å². The van der Waals surface area contributed by atoms with Gasteiger partial charge in [0.15, 0.2) is 0 Å². The van der Waals surface area contributed by atoms with E-state index in [0.717, 1.165) is 24.1 Å². The first-order valence-corrected chi connectivity index (χ1v) is 5.00. The van der Waals surface area contributed by atoms with Crippen molar-refractivity contribution in [3.05, 3.63) is 37.3 Å². The van der Waals surface area contributed by atoms with Crippen molar-refractivity contribution in [1.29, 1.82) is 0 Å². The lowest BCUT2D eigenvalue weighted by Gasteiger charge is -2.35. The molecular weight excluding hydrogens is 158 g/mol. The molecular formula is C12H19N+. The van der Waals surface area contributed by atoms with Crippen molar-refractivity contribution in [2.45, 2.75) is 13.8 Å². The normalized spacial score (nSPS) is 11.6. The topological polar surface area (TPSA) is 0 Å².